The summed E-state index contributed by atoms with van der Waals surface area (Å²) in [5, 5.41) is 14.3. The second-order valence-corrected chi connectivity index (χ2v) is 5.50. The fourth-order valence-electron chi connectivity index (χ4n) is 1.90. The van der Waals surface area contributed by atoms with Crippen molar-refractivity contribution in [1.29, 1.82) is 0 Å². The number of fused-ring (bicyclic) bond motifs is 1. The molecule has 0 unspecified atom stereocenters. The van der Waals surface area contributed by atoms with Crippen LogP contribution in [0, 0.1) is 0 Å². The summed E-state index contributed by atoms with van der Waals surface area (Å²) in [5.41, 5.74) is 0.915. The van der Waals surface area contributed by atoms with E-state index >= 15 is 0 Å². The van der Waals surface area contributed by atoms with Crippen LogP contribution >= 0.6 is 22.9 Å². The second kappa shape index (κ2) is 4.43. The van der Waals surface area contributed by atoms with Gasteiger partial charge in [-0.1, -0.05) is 22.9 Å². The molecule has 20 heavy (non-hydrogen) atoms. The van der Waals surface area contributed by atoms with Crippen molar-refractivity contribution in [2.75, 3.05) is 0 Å². The van der Waals surface area contributed by atoms with E-state index in [2.05, 4.69) is 15.3 Å². The zero-order valence-electron chi connectivity index (χ0n) is 10.0. The molecule has 0 aliphatic heterocycles. The number of halogens is 1. The minimum Gasteiger partial charge on any atom is -0.462 e. The number of furan rings is 1. The zero-order valence-corrected chi connectivity index (χ0v) is 11.6. The number of aromatic nitrogens is 4. The second-order valence-electron chi connectivity index (χ2n) is 4.11. The quantitative estimate of drug-likeness (QED) is 0.565. The average Bonchev–Trinajstić information content (AvgIpc) is 3.15. The van der Waals surface area contributed by atoms with Crippen molar-refractivity contribution in [3.8, 4) is 22.2 Å². The highest BCUT2D eigenvalue weighted by Crippen LogP contribution is 2.28. The lowest BCUT2D eigenvalue weighted by Gasteiger charge is -1.96. The van der Waals surface area contributed by atoms with E-state index in [4.69, 9.17) is 16.0 Å². The Morgan fingerprint density at radius 1 is 1.10 bits per heavy atom. The third-order valence-electron chi connectivity index (χ3n) is 2.83. The molecule has 0 amide bonds. The molecule has 0 atom stereocenters. The Morgan fingerprint density at radius 2 is 1.95 bits per heavy atom. The van der Waals surface area contributed by atoms with E-state index < -0.39 is 0 Å². The van der Waals surface area contributed by atoms with Crippen molar-refractivity contribution in [3.05, 3.63) is 47.7 Å². The maximum Gasteiger partial charge on any atom is 0.235 e. The van der Waals surface area contributed by atoms with Crippen molar-refractivity contribution in [2.45, 2.75) is 0 Å². The number of nitrogens with zero attached hydrogens (tertiary/aromatic N) is 4. The first-order valence-electron chi connectivity index (χ1n) is 5.83. The SMILES string of the molecule is Clc1ccc(-c2nnc3sc(-c4ccco4)nn23)cc1. The van der Waals surface area contributed by atoms with Gasteiger partial charge in [-0.05, 0) is 36.4 Å². The van der Waals surface area contributed by atoms with Gasteiger partial charge in [-0.2, -0.15) is 4.52 Å². The van der Waals surface area contributed by atoms with E-state index in [9.17, 15) is 0 Å². The molecule has 0 bridgehead atoms. The molecule has 0 saturated carbocycles. The maximum absolute atomic E-state index is 5.89. The molecule has 7 heteroatoms. The summed E-state index contributed by atoms with van der Waals surface area (Å²) >= 11 is 7.33. The molecule has 0 aliphatic carbocycles. The maximum atomic E-state index is 5.89. The number of hydrogen-bond donors (Lipinski definition) is 0. The van der Waals surface area contributed by atoms with Gasteiger partial charge in [0.2, 0.25) is 4.96 Å². The summed E-state index contributed by atoms with van der Waals surface area (Å²) in [6.45, 7) is 0. The van der Waals surface area contributed by atoms with Gasteiger partial charge in [-0.3, -0.25) is 0 Å². The first-order chi connectivity index (χ1) is 9.81. The van der Waals surface area contributed by atoms with Gasteiger partial charge in [0.1, 0.15) is 0 Å². The lowest BCUT2D eigenvalue weighted by atomic mass is 10.2. The van der Waals surface area contributed by atoms with Gasteiger partial charge < -0.3 is 4.42 Å². The minimum absolute atomic E-state index is 0.684. The van der Waals surface area contributed by atoms with E-state index in [-0.39, 0.29) is 0 Å². The normalized spacial score (nSPS) is 11.2. The highest BCUT2D eigenvalue weighted by atomic mass is 35.5. The van der Waals surface area contributed by atoms with Gasteiger partial charge >= 0.3 is 0 Å². The summed E-state index contributed by atoms with van der Waals surface area (Å²) in [7, 11) is 0. The molecule has 4 rings (SSSR count). The highest BCUT2D eigenvalue weighted by Gasteiger charge is 2.15. The Balaban J connectivity index is 1.86. The summed E-state index contributed by atoms with van der Waals surface area (Å²) in [6.07, 6.45) is 1.62. The lowest BCUT2D eigenvalue weighted by molar-refractivity contribution is 0.580. The largest absolute Gasteiger partial charge is 0.462 e. The van der Waals surface area contributed by atoms with Crippen LogP contribution in [0.4, 0.5) is 0 Å². The monoisotopic (exact) mass is 302 g/mol. The van der Waals surface area contributed by atoms with Gasteiger partial charge in [0.05, 0.1) is 6.26 Å². The van der Waals surface area contributed by atoms with Crippen molar-refractivity contribution in [3.63, 3.8) is 0 Å². The number of benzene rings is 1. The van der Waals surface area contributed by atoms with Crippen LogP contribution in [0.1, 0.15) is 0 Å². The van der Waals surface area contributed by atoms with Gasteiger partial charge in [-0.15, -0.1) is 15.3 Å². The van der Waals surface area contributed by atoms with Gasteiger partial charge in [0, 0.05) is 10.6 Å². The molecule has 0 radical (unpaired) electrons. The smallest absolute Gasteiger partial charge is 0.235 e. The Morgan fingerprint density at radius 3 is 2.70 bits per heavy atom. The minimum atomic E-state index is 0.684. The van der Waals surface area contributed by atoms with Crippen LogP contribution in [0.5, 0.6) is 0 Å². The molecule has 0 N–H and O–H groups in total. The molecule has 3 aromatic heterocycles. The fourth-order valence-corrected chi connectivity index (χ4v) is 2.83. The molecule has 0 fully saturated rings. The van der Waals surface area contributed by atoms with Crippen LogP contribution in [0.15, 0.2) is 47.1 Å². The molecule has 4 aromatic rings. The van der Waals surface area contributed by atoms with Gasteiger partial charge in [0.15, 0.2) is 16.6 Å². The summed E-state index contributed by atoms with van der Waals surface area (Å²) in [6, 6.07) is 11.1. The summed E-state index contributed by atoms with van der Waals surface area (Å²) < 4.78 is 7.06. The molecule has 0 saturated heterocycles. The van der Waals surface area contributed by atoms with E-state index in [0.717, 1.165) is 21.3 Å². The van der Waals surface area contributed by atoms with Crippen LogP contribution in [0.3, 0.4) is 0 Å². The average molecular weight is 303 g/mol. The van der Waals surface area contributed by atoms with E-state index in [0.29, 0.717) is 10.8 Å². The predicted molar refractivity (Wildman–Crippen MR) is 76.8 cm³/mol. The first-order valence-corrected chi connectivity index (χ1v) is 7.03. The van der Waals surface area contributed by atoms with Gasteiger partial charge in [0.25, 0.3) is 0 Å². The number of hydrogen-bond acceptors (Lipinski definition) is 5. The van der Waals surface area contributed by atoms with Gasteiger partial charge in [-0.25, -0.2) is 0 Å². The molecular weight excluding hydrogens is 296 g/mol. The van der Waals surface area contributed by atoms with Crippen LogP contribution in [0.25, 0.3) is 27.1 Å². The third-order valence-corrected chi connectivity index (χ3v) is 3.99. The van der Waals surface area contributed by atoms with Crippen LogP contribution in [-0.4, -0.2) is 19.8 Å². The van der Waals surface area contributed by atoms with Crippen molar-refractivity contribution in [1.82, 2.24) is 19.8 Å². The fraction of sp³-hybridized carbons (Fsp3) is 0. The topological polar surface area (TPSA) is 56.2 Å². The summed E-state index contributed by atoms with van der Waals surface area (Å²) in [5.74, 6) is 1.41. The van der Waals surface area contributed by atoms with Crippen molar-refractivity contribution in [2.24, 2.45) is 0 Å². The van der Waals surface area contributed by atoms with Crippen LogP contribution in [-0.2, 0) is 0 Å². The Bertz CT molecular complexity index is 864. The lowest BCUT2D eigenvalue weighted by Crippen LogP contribution is -1.90. The van der Waals surface area contributed by atoms with E-state index in [1.165, 1.54) is 11.3 Å². The Kier molecular flexibility index (Phi) is 2.58. The molecule has 5 nitrogen and oxygen atoms in total. The van der Waals surface area contributed by atoms with Crippen molar-refractivity contribution < 1.29 is 4.42 Å². The van der Waals surface area contributed by atoms with E-state index in [1.807, 2.05) is 36.4 Å². The zero-order chi connectivity index (χ0) is 13.5. The molecule has 0 aliphatic rings. The van der Waals surface area contributed by atoms with Crippen molar-refractivity contribution >= 4 is 27.9 Å². The molecule has 1 aromatic carbocycles. The molecular formula is C13H7ClN4OS. The Hall–Kier alpha value is -2.18. The molecule has 3 heterocycles. The Labute approximate surface area is 122 Å². The molecule has 98 valence electrons. The molecule has 0 spiro atoms. The highest BCUT2D eigenvalue weighted by molar-refractivity contribution is 7.19. The first kappa shape index (κ1) is 11.6. The standard InChI is InChI=1S/C13H7ClN4OS/c14-9-5-3-8(4-6-9)11-15-16-13-18(11)17-12(20-13)10-2-1-7-19-10/h1-7H. The summed E-state index contributed by atoms with van der Waals surface area (Å²) in [4.78, 5) is 0.723. The van der Waals surface area contributed by atoms with Crippen LogP contribution < -0.4 is 0 Å². The van der Waals surface area contributed by atoms with Crippen LogP contribution in [0.2, 0.25) is 5.02 Å². The van der Waals surface area contributed by atoms with E-state index in [1.54, 1.807) is 10.8 Å². The predicted octanol–water partition coefficient (Wildman–Crippen LogP) is 3.77. The third kappa shape index (κ3) is 1.81. The number of rotatable bonds is 2.